The van der Waals surface area contributed by atoms with Crippen molar-refractivity contribution in [2.45, 2.75) is 0 Å². The van der Waals surface area contributed by atoms with E-state index in [0.717, 1.165) is 0 Å². The van der Waals surface area contributed by atoms with Gasteiger partial charge in [0.05, 0.1) is 0 Å². The molecule has 0 unspecified atom stereocenters. The molecule has 0 spiro atoms. The molecular formula is H4Cl3LiPd. The Morgan fingerprint density at radius 2 is 0.600 bits per heavy atom. The SMILES string of the molecule is Cl.Cl.Cl.[LiH].[Pd]. The topological polar surface area (TPSA) is 0 Å². The zero-order chi connectivity index (χ0) is 0. The summed E-state index contributed by atoms with van der Waals surface area (Å²) in [5.74, 6) is 0. The van der Waals surface area contributed by atoms with E-state index in [-0.39, 0.29) is 76.5 Å². The summed E-state index contributed by atoms with van der Waals surface area (Å²) in [6.45, 7) is 0. The summed E-state index contributed by atoms with van der Waals surface area (Å²) in [5.41, 5.74) is 0. The van der Waals surface area contributed by atoms with Gasteiger partial charge in [0.15, 0.2) is 0 Å². The first-order chi connectivity index (χ1) is 0. The Hall–Kier alpha value is 2.13. The molecule has 0 amide bonds. The Bertz CT molecular complexity index is 6.85. The summed E-state index contributed by atoms with van der Waals surface area (Å²) in [5, 5.41) is 0. The Balaban J connectivity index is 0. The van der Waals surface area contributed by atoms with Crippen LogP contribution in [0.25, 0.3) is 0 Å². The van der Waals surface area contributed by atoms with E-state index in [2.05, 4.69) is 0 Å². The van der Waals surface area contributed by atoms with E-state index in [1.54, 1.807) is 0 Å². The molecule has 5 heteroatoms. The first-order valence-corrected chi connectivity index (χ1v) is 0. The number of hydrogen-bond donors (Lipinski definition) is 0. The first-order valence-electron chi connectivity index (χ1n) is 0. The minimum Gasteiger partial charge on any atom is 0 e. The van der Waals surface area contributed by atoms with Crippen molar-refractivity contribution >= 4 is 56.1 Å². The molecule has 36 valence electrons. The minimum absolute atomic E-state index is 0. The van der Waals surface area contributed by atoms with Gasteiger partial charge in [-0.05, 0) is 0 Å². The molecule has 5 heavy (non-hydrogen) atoms. The van der Waals surface area contributed by atoms with E-state index in [9.17, 15) is 0 Å². The smallest absolute Gasteiger partial charge is 0 e. The van der Waals surface area contributed by atoms with Gasteiger partial charge in [0, 0.05) is 20.4 Å². The van der Waals surface area contributed by atoms with Crippen LogP contribution < -0.4 is 0 Å². The fraction of sp³-hybridized carbons (Fsp3) is 0. The average Bonchev–Trinajstić information content (AvgIpc) is 0. The Kier molecular flexibility index (Phi) is 420. The van der Waals surface area contributed by atoms with Crippen LogP contribution in [0, 0.1) is 0 Å². The average molecular weight is 224 g/mol. The third-order valence-corrected chi connectivity index (χ3v) is 0. The predicted molar refractivity (Wildman–Crippen MR) is 28.9 cm³/mol. The molecule has 0 rings (SSSR count). The second-order valence-electron chi connectivity index (χ2n) is 0. The fourth-order valence-electron chi connectivity index (χ4n) is 0. The molecule has 0 bridgehead atoms. The van der Waals surface area contributed by atoms with E-state index in [1.165, 1.54) is 0 Å². The Labute approximate surface area is 75.9 Å². The molecule has 0 aliphatic rings. The maximum Gasteiger partial charge on any atom is 0 e. The molecule has 0 saturated carbocycles. The van der Waals surface area contributed by atoms with Gasteiger partial charge >= 0.3 is 18.9 Å². The van der Waals surface area contributed by atoms with Crippen molar-refractivity contribution in [2.24, 2.45) is 0 Å². The summed E-state index contributed by atoms with van der Waals surface area (Å²) in [4.78, 5) is 0. The van der Waals surface area contributed by atoms with Crippen LogP contribution in [0.3, 0.4) is 0 Å². The van der Waals surface area contributed by atoms with E-state index in [1.807, 2.05) is 0 Å². The van der Waals surface area contributed by atoms with Gasteiger partial charge in [-0.15, -0.1) is 37.2 Å². The monoisotopic (exact) mass is 222 g/mol. The van der Waals surface area contributed by atoms with Crippen molar-refractivity contribution in [3.8, 4) is 0 Å². The van der Waals surface area contributed by atoms with Gasteiger partial charge < -0.3 is 0 Å². The van der Waals surface area contributed by atoms with Crippen molar-refractivity contribution < 1.29 is 20.4 Å². The number of halogens is 3. The molecule has 0 heterocycles. The van der Waals surface area contributed by atoms with Crippen molar-refractivity contribution in [3.05, 3.63) is 0 Å². The van der Waals surface area contributed by atoms with Crippen LogP contribution in [-0.4, -0.2) is 18.9 Å². The normalized spacial score (nSPS) is 0. The van der Waals surface area contributed by atoms with Crippen LogP contribution in [-0.2, 0) is 20.4 Å². The second kappa shape index (κ2) is 35.6. The largest absolute Gasteiger partial charge is 0 e. The molecule has 0 aliphatic heterocycles. The molecule has 0 saturated heterocycles. The van der Waals surface area contributed by atoms with E-state index < -0.39 is 0 Å². The Morgan fingerprint density at radius 3 is 0.600 bits per heavy atom. The quantitative estimate of drug-likeness (QED) is 0.528. The van der Waals surface area contributed by atoms with E-state index >= 15 is 0 Å². The molecule has 0 radical (unpaired) electrons. The van der Waals surface area contributed by atoms with Gasteiger partial charge in [-0.1, -0.05) is 0 Å². The van der Waals surface area contributed by atoms with Gasteiger partial charge in [-0.3, -0.25) is 0 Å². The molecule has 0 atom stereocenters. The minimum atomic E-state index is 0. The van der Waals surface area contributed by atoms with Crippen LogP contribution in [0.5, 0.6) is 0 Å². The van der Waals surface area contributed by atoms with E-state index in [0.29, 0.717) is 0 Å². The maximum absolute atomic E-state index is 0. The van der Waals surface area contributed by atoms with Crippen molar-refractivity contribution in [2.75, 3.05) is 0 Å². The molecule has 0 aromatic rings. The van der Waals surface area contributed by atoms with Gasteiger partial charge in [0.2, 0.25) is 0 Å². The molecule has 0 aliphatic carbocycles. The molecule has 0 aromatic heterocycles. The van der Waals surface area contributed by atoms with Crippen molar-refractivity contribution in [1.29, 1.82) is 0 Å². The Morgan fingerprint density at radius 1 is 0.600 bits per heavy atom. The second-order valence-corrected chi connectivity index (χ2v) is 0. The molecule has 0 nitrogen and oxygen atoms in total. The van der Waals surface area contributed by atoms with Crippen LogP contribution in [0.15, 0.2) is 0 Å². The van der Waals surface area contributed by atoms with Crippen molar-refractivity contribution in [3.63, 3.8) is 0 Å². The van der Waals surface area contributed by atoms with Crippen LogP contribution in [0.2, 0.25) is 0 Å². The fourth-order valence-corrected chi connectivity index (χ4v) is 0. The maximum atomic E-state index is 0. The van der Waals surface area contributed by atoms with Crippen molar-refractivity contribution in [1.82, 2.24) is 0 Å². The molecule has 0 N–H and O–H groups in total. The zero-order valence-electron chi connectivity index (χ0n) is 1.54. The van der Waals surface area contributed by atoms with Crippen LogP contribution in [0.4, 0.5) is 0 Å². The zero-order valence-corrected chi connectivity index (χ0v) is 5.55. The third-order valence-electron chi connectivity index (χ3n) is 0. The summed E-state index contributed by atoms with van der Waals surface area (Å²) in [7, 11) is 0. The van der Waals surface area contributed by atoms with Crippen LogP contribution >= 0.6 is 37.2 Å². The first kappa shape index (κ1) is 59.1. The molecule has 0 aromatic carbocycles. The number of rotatable bonds is 0. The number of hydrogen-bond acceptors (Lipinski definition) is 0. The summed E-state index contributed by atoms with van der Waals surface area (Å²) >= 11 is 0. The third kappa shape index (κ3) is 23.0. The van der Waals surface area contributed by atoms with Gasteiger partial charge in [0.25, 0.3) is 0 Å². The van der Waals surface area contributed by atoms with Crippen LogP contribution in [0.1, 0.15) is 0 Å². The summed E-state index contributed by atoms with van der Waals surface area (Å²) < 4.78 is 0. The van der Waals surface area contributed by atoms with Gasteiger partial charge in [-0.2, -0.15) is 0 Å². The van der Waals surface area contributed by atoms with Gasteiger partial charge in [-0.25, -0.2) is 0 Å². The molecular weight excluding hydrogens is 220 g/mol. The van der Waals surface area contributed by atoms with Gasteiger partial charge in [0.1, 0.15) is 0 Å². The standard InChI is InChI=1S/3ClH.Li.Pd.H/h3*1H;;;. The summed E-state index contributed by atoms with van der Waals surface area (Å²) in [6, 6.07) is 0. The predicted octanol–water partition coefficient (Wildman–Crippen LogP) is 0.614. The van der Waals surface area contributed by atoms with E-state index in [4.69, 9.17) is 0 Å². The molecule has 0 fully saturated rings. The summed E-state index contributed by atoms with van der Waals surface area (Å²) in [6.07, 6.45) is 0.